The normalized spacial score (nSPS) is 22.0. The van der Waals surface area contributed by atoms with Gasteiger partial charge in [-0.2, -0.15) is 0 Å². The number of imidazole rings is 1. The first-order chi connectivity index (χ1) is 17.1. The predicted octanol–water partition coefficient (Wildman–Crippen LogP) is 1.03. The van der Waals surface area contributed by atoms with E-state index in [0.717, 1.165) is 0 Å². The van der Waals surface area contributed by atoms with E-state index in [1.165, 1.54) is 12.7 Å². The lowest BCUT2D eigenvalue weighted by Crippen LogP contribution is -2.37. The van der Waals surface area contributed by atoms with E-state index in [0.29, 0.717) is 36.5 Å². The molecule has 1 aliphatic rings. The van der Waals surface area contributed by atoms with E-state index in [1.54, 1.807) is 43.1 Å². The fourth-order valence-electron chi connectivity index (χ4n) is 3.80. The lowest BCUT2D eigenvalue weighted by atomic mass is 10.1. The van der Waals surface area contributed by atoms with Gasteiger partial charge in [-0.05, 0) is 12.1 Å². The molecule has 12 heteroatoms. The van der Waals surface area contributed by atoms with Crippen molar-refractivity contribution < 1.29 is 33.6 Å². The topological polar surface area (TPSA) is 139 Å². The summed E-state index contributed by atoms with van der Waals surface area (Å²) in [4.78, 5) is 25.5. The molecule has 1 aliphatic heterocycles. The van der Waals surface area contributed by atoms with Gasteiger partial charge in [0, 0.05) is 19.8 Å². The van der Waals surface area contributed by atoms with Crippen molar-refractivity contribution in [3.05, 3.63) is 48.5 Å². The van der Waals surface area contributed by atoms with Crippen LogP contribution in [0.3, 0.4) is 0 Å². The van der Waals surface area contributed by atoms with Crippen LogP contribution in [0, 0.1) is 0 Å². The molecule has 35 heavy (non-hydrogen) atoms. The second kappa shape index (κ2) is 12.1. The molecule has 0 aliphatic carbocycles. The Bertz CT molecular complexity index is 1100. The van der Waals surface area contributed by atoms with Crippen molar-refractivity contribution in [1.29, 1.82) is 0 Å². The summed E-state index contributed by atoms with van der Waals surface area (Å²) >= 11 is 0. The van der Waals surface area contributed by atoms with Crippen LogP contribution in [0.25, 0.3) is 11.2 Å². The Balaban J connectivity index is 1.54. The number of rotatable bonds is 12. The number of aliphatic hydroxyl groups is 1. The van der Waals surface area contributed by atoms with Crippen molar-refractivity contribution >= 4 is 22.9 Å². The maximum atomic E-state index is 12.6. The third-order valence-electron chi connectivity index (χ3n) is 5.52. The van der Waals surface area contributed by atoms with E-state index in [9.17, 15) is 9.90 Å². The number of aliphatic hydroxyl groups excluding tert-OH is 1. The molecule has 3 aromatic rings. The summed E-state index contributed by atoms with van der Waals surface area (Å²) in [6.45, 7) is 1.68. The molecule has 0 saturated carbocycles. The highest BCUT2D eigenvalue weighted by Crippen LogP contribution is 2.34. The number of aromatic nitrogens is 4. The monoisotopic (exact) mass is 487 g/mol. The third kappa shape index (κ3) is 5.81. The highest BCUT2D eigenvalue weighted by atomic mass is 16.6. The Morgan fingerprint density at radius 1 is 1.09 bits per heavy atom. The quantitative estimate of drug-likeness (QED) is 0.356. The first kappa shape index (κ1) is 25.1. The summed E-state index contributed by atoms with van der Waals surface area (Å²) in [6, 6.07) is 8.79. The average Bonchev–Trinajstić information content (AvgIpc) is 3.44. The number of carbonyl (C=O) groups is 1. The number of fused-ring (bicyclic) bond motifs is 1. The lowest BCUT2D eigenvalue weighted by Gasteiger charge is -2.20. The molecule has 12 nitrogen and oxygen atoms in total. The van der Waals surface area contributed by atoms with Crippen molar-refractivity contribution in [3.8, 4) is 0 Å². The van der Waals surface area contributed by atoms with E-state index < -0.39 is 24.5 Å². The zero-order valence-electron chi connectivity index (χ0n) is 19.6. The molecule has 2 N–H and O–H groups in total. The van der Waals surface area contributed by atoms with Crippen LogP contribution in [0.2, 0.25) is 0 Å². The first-order valence-corrected chi connectivity index (χ1v) is 11.2. The number of methoxy groups -OCH3 is 2. The van der Waals surface area contributed by atoms with Gasteiger partial charge in [0.25, 0.3) is 5.91 Å². The summed E-state index contributed by atoms with van der Waals surface area (Å²) < 4.78 is 29.3. The maximum Gasteiger partial charge on any atom is 0.256 e. The fraction of sp³-hybridized carbons (Fsp3) is 0.478. The van der Waals surface area contributed by atoms with Crippen LogP contribution >= 0.6 is 0 Å². The van der Waals surface area contributed by atoms with Gasteiger partial charge in [0.15, 0.2) is 23.2 Å². The van der Waals surface area contributed by atoms with Crippen molar-refractivity contribution in [1.82, 2.24) is 19.5 Å². The number of carbonyl (C=O) groups excluding carboxylic acids is 1. The van der Waals surface area contributed by atoms with Gasteiger partial charge in [-0.1, -0.05) is 18.2 Å². The highest BCUT2D eigenvalue weighted by molar-refractivity contribution is 6.06. The molecule has 188 valence electrons. The lowest BCUT2D eigenvalue weighted by molar-refractivity contribution is -0.0846. The number of nitrogens with zero attached hydrogens (tertiary/aromatic N) is 4. The number of hydrogen-bond acceptors (Lipinski definition) is 10. The summed E-state index contributed by atoms with van der Waals surface area (Å²) in [5.41, 5.74) is 1.24. The van der Waals surface area contributed by atoms with Crippen molar-refractivity contribution in [3.63, 3.8) is 0 Å². The summed E-state index contributed by atoms with van der Waals surface area (Å²) in [7, 11) is 3.17. The molecular formula is C23H29N5O7. The Kier molecular flexibility index (Phi) is 8.69. The zero-order valence-corrected chi connectivity index (χ0v) is 19.6. The molecule has 1 amide bonds. The molecular weight excluding hydrogens is 458 g/mol. The second-order valence-corrected chi connectivity index (χ2v) is 7.82. The SMILES string of the molecule is COCCOC[C@H]1O[C@@H](n2cnc3c(NC(=O)c4ccccc4)ncnc32)[C@H](O)[C@@H]1OCCOC. The van der Waals surface area contributed by atoms with Crippen molar-refractivity contribution in [2.75, 3.05) is 52.6 Å². The van der Waals surface area contributed by atoms with Gasteiger partial charge in [0.1, 0.15) is 24.6 Å². The number of nitrogens with one attached hydrogen (secondary N) is 1. The Labute approximate surface area is 202 Å². The Morgan fingerprint density at radius 2 is 1.86 bits per heavy atom. The molecule has 3 heterocycles. The van der Waals surface area contributed by atoms with Gasteiger partial charge in [0.2, 0.25) is 0 Å². The van der Waals surface area contributed by atoms with Gasteiger partial charge in [0.05, 0.1) is 39.4 Å². The van der Waals surface area contributed by atoms with Gasteiger partial charge in [-0.3, -0.25) is 9.36 Å². The summed E-state index contributed by atoms with van der Waals surface area (Å²) in [6.07, 6.45) is -0.255. The minimum atomic E-state index is -1.03. The molecule has 0 radical (unpaired) electrons. The molecule has 4 atom stereocenters. The fourth-order valence-corrected chi connectivity index (χ4v) is 3.80. The van der Waals surface area contributed by atoms with Crippen LogP contribution in [-0.2, 0) is 23.7 Å². The summed E-state index contributed by atoms with van der Waals surface area (Å²) in [5, 5.41) is 13.9. The molecule has 2 aromatic heterocycles. The standard InChI is InChI=1S/C23H29N5O7/c1-31-8-10-33-12-16-19(34-11-9-32-2)18(29)23(35-16)28-14-26-17-20(24-13-25-21(17)28)27-22(30)15-6-4-3-5-7-15/h3-7,13-14,16,18-19,23,29H,8-12H2,1-2H3,(H,24,25,27,30)/t16-,18-,19-,23-/m1/s1. The molecule has 1 saturated heterocycles. The minimum Gasteiger partial charge on any atom is -0.386 e. The van der Waals surface area contributed by atoms with E-state index in [4.69, 9.17) is 23.7 Å². The van der Waals surface area contributed by atoms with E-state index in [-0.39, 0.29) is 24.9 Å². The molecule has 4 rings (SSSR count). The second-order valence-electron chi connectivity index (χ2n) is 7.82. The third-order valence-corrected chi connectivity index (χ3v) is 5.52. The van der Waals surface area contributed by atoms with Crippen molar-refractivity contribution in [2.45, 2.75) is 24.5 Å². The maximum absolute atomic E-state index is 12.6. The van der Waals surface area contributed by atoms with E-state index in [2.05, 4.69) is 20.3 Å². The van der Waals surface area contributed by atoms with Crippen molar-refractivity contribution in [2.24, 2.45) is 0 Å². The smallest absolute Gasteiger partial charge is 0.256 e. The molecule has 1 fully saturated rings. The predicted molar refractivity (Wildman–Crippen MR) is 124 cm³/mol. The van der Waals surface area contributed by atoms with Gasteiger partial charge >= 0.3 is 0 Å². The highest BCUT2D eigenvalue weighted by Gasteiger charge is 2.46. The molecule has 0 unspecified atom stereocenters. The van der Waals surface area contributed by atoms with Gasteiger partial charge in [-0.15, -0.1) is 0 Å². The van der Waals surface area contributed by atoms with Crippen LogP contribution in [-0.4, -0.2) is 96.1 Å². The van der Waals surface area contributed by atoms with Crippen LogP contribution in [0.5, 0.6) is 0 Å². The first-order valence-electron chi connectivity index (χ1n) is 11.2. The van der Waals surface area contributed by atoms with E-state index >= 15 is 0 Å². The number of amides is 1. The average molecular weight is 488 g/mol. The van der Waals surface area contributed by atoms with Crippen LogP contribution in [0.4, 0.5) is 5.82 Å². The Hall–Kier alpha value is -3.00. The Morgan fingerprint density at radius 3 is 2.63 bits per heavy atom. The zero-order chi connectivity index (χ0) is 24.6. The van der Waals surface area contributed by atoms with Gasteiger partial charge < -0.3 is 34.1 Å². The number of anilines is 1. The molecule has 1 aromatic carbocycles. The largest absolute Gasteiger partial charge is 0.386 e. The number of hydrogen-bond donors (Lipinski definition) is 2. The summed E-state index contributed by atoms with van der Waals surface area (Å²) in [5.74, 6) is -0.0698. The van der Waals surface area contributed by atoms with Crippen LogP contribution in [0.1, 0.15) is 16.6 Å². The van der Waals surface area contributed by atoms with Crippen LogP contribution in [0.15, 0.2) is 43.0 Å². The number of benzene rings is 1. The molecule has 0 bridgehead atoms. The van der Waals surface area contributed by atoms with Gasteiger partial charge in [-0.25, -0.2) is 15.0 Å². The molecule has 0 spiro atoms. The van der Waals surface area contributed by atoms with E-state index in [1.807, 2.05) is 6.07 Å². The minimum absolute atomic E-state index is 0.203. The van der Waals surface area contributed by atoms with Crippen LogP contribution < -0.4 is 5.32 Å². The number of ether oxygens (including phenoxy) is 5.